The minimum atomic E-state index is -1.87. The first kappa shape index (κ1) is 126. The van der Waals surface area contributed by atoms with E-state index in [1.165, 1.54) is 416 Å². The molecule has 0 heterocycles. The van der Waals surface area contributed by atoms with Gasteiger partial charge in [0.05, 0.1) is 19.8 Å². The maximum absolute atomic E-state index is 7.45. The van der Waals surface area contributed by atoms with E-state index in [9.17, 15) is 0 Å². The molecule has 142 heavy (non-hydrogen) atoms. The Balaban J connectivity index is 1.43. The number of rotatable bonds is 89. The Morgan fingerprint density at radius 3 is 0.641 bits per heavy atom. The van der Waals surface area contributed by atoms with E-state index in [2.05, 4.69) is 241 Å². The van der Waals surface area contributed by atoms with Gasteiger partial charge in [-0.05, 0) is 212 Å². The van der Waals surface area contributed by atoms with Crippen molar-refractivity contribution in [3.8, 4) is 34.5 Å². The van der Waals surface area contributed by atoms with Crippen LogP contribution in [0.25, 0.3) is 0 Å². The lowest BCUT2D eigenvalue weighted by atomic mass is 9.74. The zero-order valence-corrected chi connectivity index (χ0v) is 98.2. The summed E-state index contributed by atoms with van der Waals surface area (Å²) in [5.74, 6) is 4.89. The summed E-state index contributed by atoms with van der Waals surface area (Å²) in [4.78, 5) is 0. The minimum Gasteiger partial charge on any atom is -0.418 e. The van der Waals surface area contributed by atoms with Crippen molar-refractivity contribution in [3.05, 3.63) is 176 Å². The highest BCUT2D eigenvalue weighted by molar-refractivity contribution is 7.43. The van der Waals surface area contributed by atoms with Gasteiger partial charge in [-0.1, -0.05) is 531 Å². The molecule has 0 aliphatic rings. The predicted octanol–water partition coefficient (Wildman–Crippen LogP) is 45.3. The number of unbranched alkanes of at least 4 members (excludes halogenated alkanes) is 57. The second-order valence-corrected chi connectivity index (χ2v) is 49.3. The molecule has 0 saturated carbocycles. The standard InChI is InChI=1S/C130H217O9P3/c1-20-26-32-38-44-47-50-53-56-59-62-68-74-80-95-131-140(134-115-92-83-89-112(102-115)86-77-71-65-41-35-29-23-4)137-125-99-109(8)118(105-122(125)128(11,12)13)108(7)98-121(119-106-123(129(14,15)16)126(100-110(119)9)138-141(132-96-81-75-69-63-60-57-54-51-48-45-39-33-27-21-2)135-116-93-84-90-113(103-116)87-78-72-66-42-36-30-24-5)120-107-124(130(17,18)19)127(101-111(120)10)139-142(133-97-82-76-70-64-61-58-55-52-49-46-40-34-28-22-3)136-117-94-85-91-114(104-117)88-79-73-67-43-37-31-25-6/h83-85,89-94,99-108,121H,20-82,86-88,95-98H2,1-19H3. The zero-order valence-electron chi connectivity index (χ0n) is 95.6. The van der Waals surface area contributed by atoms with E-state index in [4.69, 9.17) is 40.7 Å². The molecule has 0 aliphatic carbocycles. The molecule has 4 atom stereocenters. The molecule has 0 bridgehead atoms. The molecule has 0 aliphatic heterocycles. The molecule has 0 aromatic heterocycles. The van der Waals surface area contributed by atoms with Gasteiger partial charge in [-0.3, -0.25) is 13.6 Å². The second kappa shape index (κ2) is 77.6. The quantitative estimate of drug-likeness (QED) is 0.0274. The molecule has 0 radical (unpaired) electrons. The molecule has 12 heteroatoms. The van der Waals surface area contributed by atoms with Crippen LogP contribution in [0, 0.1) is 20.8 Å². The van der Waals surface area contributed by atoms with Crippen LogP contribution in [0.2, 0.25) is 0 Å². The molecule has 0 fully saturated rings. The van der Waals surface area contributed by atoms with Crippen LogP contribution in [0.5, 0.6) is 34.5 Å². The lowest BCUT2D eigenvalue weighted by Gasteiger charge is -2.33. The van der Waals surface area contributed by atoms with E-state index < -0.39 is 25.8 Å². The van der Waals surface area contributed by atoms with E-state index in [0.29, 0.717) is 19.8 Å². The average molecular weight is 2020 g/mol. The summed E-state index contributed by atoms with van der Waals surface area (Å²) in [5.41, 5.74) is 13.7. The Morgan fingerprint density at radius 1 is 0.225 bits per heavy atom. The molecule has 0 saturated heterocycles. The fourth-order valence-electron chi connectivity index (χ4n) is 20.4. The molecule has 9 nitrogen and oxygen atoms in total. The van der Waals surface area contributed by atoms with Gasteiger partial charge in [-0.2, -0.15) is 0 Å². The van der Waals surface area contributed by atoms with E-state index >= 15 is 0 Å². The number of hydrogen-bond donors (Lipinski definition) is 0. The Morgan fingerprint density at radius 2 is 0.423 bits per heavy atom. The van der Waals surface area contributed by atoms with Gasteiger partial charge in [0.2, 0.25) is 0 Å². The van der Waals surface area contributed by atoms with Gasteiger partial charge in [0.25, 0.3) is 0 Å². The highest BCUT2D eigenvalue weighted by Crippen LogP contribution is 2.53. The van der Waals surface area contributed by atoms with E-state index in [1.54, 1.807) is 0 Å². The molecule has 6 aromatic carbocycles. The molecule has 4 unspecified atom stereocenters. The number of hydrogen-bond acceptors (Lipinski definition) is 9. The van der Waals surface area contributed by atoms with Gasteiger partial charge < -0.3 is 27.1 Å². The highest BCUT2D eigenvalue weighted by Gasteiger charge is 2.35. The molecular weight excluding hydrogens is 1800 g/mol. The third-order valence-electron chi connectivity index (χ3n) is 29.4. The Bertz CT molecular complexity index is 3940. The van der Waals surface area contributed by atoms with Crippen molar-refractivity contribution < 1.29 is 40.7 Å². The van der Waals surface area contributed by atoms with Gasteiger partial charge in [-0.15, -0.1) is 0 Å². The third-order valence-corrected chi connectivity index (χ3v) is 32.7. The van der Waals surface area contributed by atoms with Gasteiger partial charge in [0.1, 0.15) is 34.5 Å². The van der Waals surface area contributed by atoms with Crippen molar-refractivity contribution >= 4 is 25.8 Å². The minimum absolute atomic E-state index is 0.0765. The summed E-state index contributed by atoms with van der Waals surface area (Å²) < 4.78 is 64.4. The lowest BCUT2D eigenvalue weighted by molar-refractivity contribution is 0.256. The first-order valence-corrected chi connectivity index (χ1v) is 63.3. The second-order valence-electron chi connectivity index (χ2n) is 46.1. The van der Waals surface area contributed by atoms with E-state index in [0.717, 1.165) is 115 Å². The van der Waals surface area contributed by atoms with Gasteiger partial charge >= 0.3 is 25.8 Å². The summed E-state index contributed by atoms with van der Waals surface area (Å²) in [6.45, 7) is 46.1. The average Bonchev–Trinajstić information content (AvgIpc) is 0.758. The van der Waals surface area contributed by atoms with Crippen molar-refractivity contribution in [3.63, 3.8) is 0 Å². The summed E-state index contributed by atoms with van der Waals surface area (Å²) >= 11 is 0. The van der Waals surface area contributed by atoms with Crippen molar-refractivity contribution in [2.24, 2.45) is 0 Å². The van der Waals surface area contributed by atoms with Gasteiger partial charge in [0.15, 0.2) is 0 Å². The summed E-state index contributed by atoms with van der Waals surface area (Å²) in [6, 6.07) is 40.8. The van der Waals surface area contributed by atoms with Crippen LogP contribution in [-0.4, -0.2) is 19.8 Å². The van der Waals surface area contributed by atoms with Crippen molar-refractivity contribution in [2.75, 3.05) is 19.8 Å². The Hall–Kier alpha value is -4.71. The summed E-state index contributed by atoms with van der Waals surface area (Å²) in [5, 5.41) is 0. The fourth-order valence-corrected chi connectivity index (χ4v) is 23.5. The summed E-state index contributed by atoms with van der Waals surface area (Å²) in [6.07, 6.45) is 85.8. The topological polar surface area (TPSA) is 83.1 Å². The smallest absolute Gasteiger partial charge is 0.418 e. The molecule has 0 amide bonds. The van der Waals surface area contributed by atoms with Crippen LogP contribution in [0.4, 0.5) is 0 Å². The SMILES string of the molecule is CCCCCCCCCCCCCCCCOP(Oc1cccc(CCCCCCCCC)c1)Oc1cc(C)c(C(C)CC(c2cc(C(C)(C)C)c(OP(OCCCCCCCCCCCCCCCC)Oc3cccc(CCCCCCCCC)c3)cc2C)c2cc(C(C)(C)C)c(OP(OCCCCCCCCCCCCCCCC)Oc3cccc(CCCCCCCCC)c3)cc2C)cc1C(C)(C)C. The van der Waals surface area contributed by atoms with E-state index in [1.807, 2.05) is 0 Å². The van der Waals surface area contributed by atoms with Crippen LogP contribution in [-0.2, 0) is 49.1 Å². The van der Waals surface area contributed by atoms with Crippen molar-refractivity contribution in [2.45, 2.75) is 590 Å². The number of benzene rings is 6. The van der Waals surface area contributed by atoms with Gasteiger partial charge in [0, 0.05) is 22.6 Å². The molecule has 0 N–H and O–H groups in total. The zero-order chi connectivity index (χ0) is 102. The maximum atomic E-state index is 7.45. The molecule has 0 spiro atoms. The fraction of sp³-hybridized carbons (Fsp3) is 0.723. The predicted molar refractivity (Wildman–Crippen MR) is 622 cm³/mol. The van der Waals surface area contributed by atoms with Crippen molar-refractivity contribution in [1.82, 2.24) is 0 Å². The molecule has 6 aromatic rings. The van der Waals surface area contributed by atoms with Crippen LogP contribution in [0.15, 0.2) is 109 Å². The van der Waals surface area contributed by atoms with Crippen LogP contribution in [0.3, 0.4) is 0 Å². The lowest BCUT2D eigenvalue weighted by Crippen LogP contribution is -2.19. The van der Waals surface area contributed by atoms with E-state index in [-0.39, 0.29) is 28.1 Å². The molecule has 806 valence electrons. The monoisotopic (exact) mass is 2020 g/mol. The Kier molecular flexibility index (Phi) is 68.8. The molecule has 6 rings (SSSR count). The highest BCUT2D eigenvalue weighted by atomic mass is 31.2. The van der Waals surface area contributed by atoms with Crippen LogP contribution < -0.4 is 27.1 Å². The van der Waals surface area contributed by atoms with Crippen LogP contribution >= 0.6 is 25.8 Å². The number of aryl methyl sites for hydroxylation is 6. The van der Waals surface area contributed by atoms with Gasteiger partial charge in [-0.25, -0.2) is 0 Å². The first-order valence-electron chi connectivity index (χ1n) is 60.0. The molecular formula is C130H217O9P3. The largest absolute Gasteiger partial charge is 0.463 e. The van der Waals surface area contributed by atoms with Crippen molar-refractivity contribution in [1.29, 1.82) is 0 Å². The third kappa shape index (κ3) is 55.7. The Labute approximate surface area is 880 Å². The van der Waals surface area contributed by atoms with Crippen LogP contribution in [0.1, 0.15) is 600 Å². The summed E-state index contributed by atoms with van der Waals surface area (Å²) in [7, 11) is -5.56. The first-order chi connectivity index (χ1) is 68.9. The normalized spacial score (nSPS) is 13.1. The maximum Gasteiger partial charge on any atom is 0.463 e.